The number of hydrogen-bond donors (Lipinski definition) is 4. The van der Waals surface area contributed by atoms with Gasteiger partial charge in [0.15, 0.2) is 12.7 Å². The number of ketones is 2. The Balaban J connectivity index is 0.00000114. The number of fused-ring (bicyclic) bond motifs is 1. The summed E-state index contributed by atoms with van der Waals surface area (Å²) in [7, 11) is 0. The topological polar surface area (TPSA) is 184 Å². The van der Waals surface area contributed by atoms with E-state index in [1.54, 1.807) is 36.8 Å². The van der Waals surface area contributed by atoms with Gasteiger partial charge in [0.2, 0.25) is 11.8 Å². The third kappa shape index (κ3) is 16.3. The molecule has 4 N–H and O–H groups in total. The first kappa shape index (κ1) is 45.7. The number of aliphatic hydroxyl groups is 1. The van der Waals surface area contributed by atoms with Crippen LogP contribution in [0.2, 0.25) is 0 Å². The van der Waals surface area contributed by atoms with Crippen LogP contribution in [0.5, 0.6) is 5.75 Å². The van der Waals surface area contributed by atoms with E-state index in [0.29, 0.717) is 11.5 Å². The minimum atomic E-state index is -1.64. The van der Waals surface area contributed by atoms with Crippen LogP contribution in [0.3, 0.4) is 0 Å². The molecule has 1 saturated heterocycles. The molecule has 15 heteroatoms. The predicted octanol–water partition coefficient (Wildman–Crippen LogP) is 3.56. The van der Waals surface area contributed by atoms with Gasteiger partial charge in [0, 0.05) is 40.2 Å². The summed E-state index contributed by atoms with van der Waals surface area (Å²) in [6, 6.07) is 13.7. The Labute approximate surface area is 326 Å². The summed E-state index contributed by atoms with van der Waals surface area (Å²) in [6.45, 7) is 11.4. The number of aliphatic hydroxyl groups excluding tert-OH is 1. The SMILES string of the molecule is CC(C)=O.CC(C)=O.CSC[C@H](NC(=O)COc1cccc2cnccc12)C(=O)N[C@@H](Cc1ccccc1)[C@H](O)C(=O)N1CSC[C@H]1C(=O)NC(C)(C)C. The zero-order valence-electron chi connectivity index (χ0n) is 32.2. The van der Waals surface area contributed by atoms with E-state index < -0.39 is 47.5 Å². The van der Waals surface area contributed by atoms with Gasteiger partial charge < -0.3 is 40.3 Å². The van der Waals surface area contributed by atoms with Gasteiger partial charge in [-0.3, -0.25) is 24.2 Å². The lowest BCUT2D eigenvalue weighted by molar-refractivity contribution is -0.147. The summed E-state index contributed by atoms with van der Waals surface area (Å²) >= 11 is 2.78. The first-order valence-electron chi connectivity index (χ1n) is 17.3. The van der Waals surface area contributed by atoms with Gasteiger partial charge in [0.1, 0.15) is 29.4 Å². The summed E-state index contributed by atoms with van der Waals surface area (Å²) in [5, 5.41) is 21.5. The van der Waals surface area contributed by atoms with Crippen LogP contribution in [0.4, 0.5) is 0 Å². The van der Waals surface area contributed by atoms with Gasteiger partial charge in [-0.05, 0) is 78.8 Å². The van der Waals surface area contributed by atoms with E-state index >= 15 is 0 Å². The van der Waals surface area contributed by atoms with E-state index in [0.717, 1.165) is 16.3 Å². The van der Waals surface area contributed by atoms with E-state index in [2.05, 4.69) is 20.9 Å². The summed E-state index contributed by atoms with van der Waals surface area (Å²) in [5.41, 5.74) is 0.303. The number of nitrogens with one attached hydrogen (secondary N) is 3. The molecule has 0 aliphatic carbocycles. The number of carbonyl (C=O) groups excluding carboxylic acids is 6. The molecular weight excluding hydrogens is 731 g/mol. The van der Waals surface area contributed by atoms with Crippen molar-refractivity contribution >= 4 is 69.5 Å². The van der Waals surface area contributed by atoms with Gasteiger partial charge in [0.25, 0.3) is 11.8 Å². The largest absolute Gasteiger partial charge is 0.483 e. The van der Waals surface area contributed by atoms with Gasteiger partial charge >= 0.3 is 0 Å². The molecule has 4 atom stereocenters. The van der Waals surface area contributed by atoms with Crippen LogP contribution in [0.1, 0.15) is 54.0 Å². The maximum atomic E-state index is 13.7. The van der Waals surface area contributed by atoms with E-state index in [1.165, 1.54) is 56.1 Å². The minimum Gasteiger partial charge on any atom is -0.483 e. The number of rotatable bonds is 13. The number of amides is 4. The Bertz CT molecular complexity index is 1690. The lowest BCUT2D eigenvalue weighted by atomic mass is 9.99. The minimum absolute atomic E-state index is 0.151. The smallest absolute Gasteiger partial charge is 0.258 e. The van der Waals surface area contributed by atoms with Crippen LogP contribution in [-0.2, 0) is 35.2 Å². The van der Waals surface area contributed by atoms with Crippen LogP contribution in [0, 0.1) is 0 Å². The highest BCUT2D eigenvalue weighted by molar-refractivity contribution is 7.99. The maximum Gasteiger partial charge on any atom is 0.258 e. The summed E-state index contributed by atoms with van der Waals surface area (Å²) in [6.07, 6.45) is 3.67. The molecule has 0 spiro atoms. The fourth-order valence-corrected chi connectivity index (χ4v) is 6.74. The zero-order valence-corrected chi connectivity index (χ0v) is 33.8. The van der Waals surface area contributed by atoms with Crippen LogP contribution in [-0.4, -0.2) is 110 Å². The highest BCUT2D eigenvalue weighted by Gasteiger charge is 2.41. The monoisotopic (exact) mass is 783 g/mol. The molecule has 13 nitrogen and oxygen atoms in total. The van der Waals surface area contributed by atoms with E-state index in [4.69, 9.17) is 4.74 Å². The third-order valence-electron chi connectivity index (χ3n) is 7.21. The van der Waals surface area contributed by atoms with Crippen molar-refractivity contribution in [2.75, 3.05) is 30.2 Å². The van der Waals surface area contributed by atoms with Crippen molar-refractivity contribution in [3.63, 3.8) is 0 Å². The molecule has 294 valence electrons. The third-order valence-corrected chi connectivity index (χ3v) is 8.89. The van der Waals surface area contributed by atoms with E-state index in [9.17, 15) is 33.9 Å². The summed E-state index contributed by atoms with van der Waals surface area (Å²) in [4.78, 5) is 77.6. The van der Waals surface area contributed by atoms with Gasteiger partial charge in [0.05, 0.1) is 11.9 Å². The Hall–Kier alpha value is -4.47. The van der Waals surface area contributed by atoms with Crippen molar-refractivity contribution < 1.29 is 38.6 Å². The molecule has 0 unspecified atom stereocenters. The second kappa shape index (κ2) is 22.7. The number of benzene rings is 2. The molecule has 2 aromatic carbocycles. The normalized spacial score (nSPS) is 15.2. The van der Waals surface area contributed by atoms with Gasteiger partial charge in [-0.15, -0.1) is 11.8 Å². The van der Waals surface area contributed by atoms with Gasteiger partial charge in [-0.25, -0.2) is 0 Å². The molecule has 4 rings (SSSR count). The molecule has 4 amide bonds. The number of carbonyl (C=O) groups is 6. The molecule has 1 fully saturated rings. The Kier molecular flexibility index (Phi) is 19.2. The van der Waals surface area contributed by atoms with Crippen molar-refractivity contribution in [3.05, 3.63) is 72.6 Å². The van der Waals surface area contributed by atoms with Crippen molar-refractivity contribution in [3.8, 4) is 5.75 Å². The number of pyridine rings is 1. The number of ether oxygens (including phenoxy) is 1. The molecular formula is C39H53N5O8S2. The second-order valence-electron chi connectivity index (χ2n) is 13.8. The molecule has 1 aliphatic heterocycles. The standard InChI is InChI=1S/C33H41N5O6S2.2C3H6O/c1-33(2,3)37-31(42)26-19-46-20-38(26)32(43)29(40)24(15-21-9-6-5-7-10-21)36-30(41)25(18-45-4)35-28(39)17-44-27-12-8-11-22-16-34-14-13-23(22)27;2*1-3(2)4/h5-14,16,24-26,29,40H,15,17-20H2,1-4H3,(H,35,39)(H,36,41)(H,37,42);2*1-2H3/t24-,25-,26-,29-;;/m0../s1. The fraction of sp³-hybridized carbons (Fsp3) is 0.462. The summed E-state index contributed by atoms with van der Waals surface area (Å²) < 4.78 is 5.78. The van der Waals surface area contributed by atoms with Gasteiger partial charge in [-0.2, -0.15) is 11.8 Å². The lowest BCUT2D eigenvalue weighted by Crippen LogP contribution is -2.59. The molecule has 0 bridgehead atoms. The van der Waals surface area contributed by atoms with Crippen molar-refractivity contribution in [1.82, 2.24) is 25.8 Å². The molecule has 1 aliphatic rings. The molecule has 2 heterocycles. The number of hydrogen-bond acceptors (Lipinski definition) is 11. The van der Waals surface area contributed by atoms with Crippen LogP contribution in [0.25, 0.3) is 10.8 Å². The van der Waals surface area contributed by atoms with E-state index in [1.807, 2.05) is 57.2 Å². The Morgan fingerprint density at radius 2 is 1.61 bits per heavy atom. The van der Waals surface area contributed by atoms with Crippen molar-refractivity contribution in [1.29, 1.82) is 0 Å². The lowest BCUT2D eigenvalue weighted by Gasteiger charge is -2.32. The molecule has 3 aromatic rings. The second-order valence-corrected chi connectivity index (χ2v) is 15.8. The van der Waals surface area contributed by atoms with Crippen molar-refractivity contribution in [2.45, 2.75) is 84.7 Å². The van der Waals surface area contributed by atoms with Crippen LogP contribution >= 0.6 is 23.5 Å². The average molecular weight is 784 g/mol. The zero-order chi connectivity index (χ0) is 40.4. The highest BCUT2D eigenvalue weighted by Crippen LogP contribution is 2.25. The van der Waals surface area contributed by atoms with Crippen molar-refractivity contribution in [2.24, 2.45) is 0 Å². The van der Waals surface area contributed by atoms with E-state index in [-0.39, 0.29) is 42.1 Å². The fourth-order valence-electron chi connectivity index (χ4n) is 5.01. The molecule has 0 saturated carbocycles. The molecule has 54 heavy (non-hydrogen) atoms. The highest BCUT2D eigenvalue weighted by atomic mass is 32.2. The first-order chi connectivity index (χ1) is 25.4. The average Bonchev–Trinajstić information content (AvgIpc) is 3.59. The number of thioether (sulfide) groups is 2. The molecule has 0 radical (unpaired) electrons. The maximum absolute atomic E-state index is 13.7. The number of nitrogens with zero attached hydrogens (tertiary/aromatic N) is 2. The van der Waals surface area contributed by atoms with Crippen LogP contribution < -0.4 is 20.7 Å². The Morgan fingerprint density at radius 3 is 2.22 bits per heavy atom. The quantitative estimate of drug-likeness (QED) is 0.199. The first-order valence-corrected chi connectivity index (χ1v) is 19.9. The number of aromatic nitrogens is 1. The Morgan fingerprint density at radius 1 is 0.963 bits per heavy atom. The number of Topliss-reactive ketones (excluding diaryl/α,β-unsaturated/α-hetero) is 2. The van der Waals surface area contributed by atoms with Crippen LogP contribution in [0.15, 0.2) is 67.0 Å². The summed E-state index contributed by atoms with van der Waals surface area (Å²) in [5.74, 6) is -0.269. The predicted molar refractivity (Wildman–Crippen MR) is 214 cm³/mol. The molecule has 1 aromatic heterocycles. The van der Waals surface area contributed by atoms with Gasteiger partial charge in [-0.1, -0.05) is 42.5 Å².